The van der Waals surface area contributed by atoms with Crippen LogP contribution in [0.5, 0.6) is 0 Å². The van der Waals surface area contributed by atoms with Crippen LogP contribution in [0.15, 0.2) is 29.0 Å². The number of rotatable bonds is 6. The van der Waals surface area contributed by atoms with Gasteiger partial charge in [0.25, 0.3) is 0 Å². The van der Waals surface area contributed by atoms with Gasteiger partial charge in [0, 0.05) is 17.2 Å². The van der Waals surface area contributed by atoms with Crippen molar-refractivity contribution in [2.75, 3.05) is 5.75 Å². The molecule has 2 aromatic rings. The summed E-state index contributed by atoms with van der Waals surface area (Å²) < 4.78 is 2.04. The van der Waals surface area contributed by atoms with Crippen LogP contribution in [0.4, 0.5) is 0 Å². The van der Waals surface area contributed by atoms with Gasteiger partial charge in [-0.1, -0.05) is 17.8 Å². The lowest BCUT2D eigenvalue weighted by Gasteiger charge is -2.15. The quantitative estimate of drug-likeness (QED) is 0.827. The molecule has 0 radical (unpaired) electrons. The van der Waals surface area contributed by atoms with Crippen LogP contribution in [-0.4, -0.2) is 31.2 Å². The van der Waals surface area contributed by atoms with E-state index in [9.17, 15) is 5.11 Å². The summed E-state index contributed by atoms with van der Waals surface area (Å²) in [5.74, 6) is 0.616. The minimum Gasteiger partial charge on any atom is -0.390 e. The Bertz CT molecular complexity index is 474. The molecular weight excluding hydrogens is 266 g/mol. The highest BCUT2D eigenvalue weighted by Crippen LogP contribution is 2.21. The van der Waals surface area contributed by atoms with Gasteiger partial charge >= 0.3 is 0 Å². The normalized spacial score (nSPS) is 11.9. The van der Waals surface area contributed by atoms with Crippen LogP contribution in [0, 0.1) is 0 Å². The van der Waals surface area contributed by atoms with Crippen LogP contribution < -0.4 is 0 Å². The van der Waals surface area contributed by atoms with Crippen molar-refractivity contribution in [3.8, 4) is 0 Å². The Morgan fingerprint density at radius 1 is 1.50 bits per heavy atom. The van der Waals surface area contributed by atoms with Crippen molar-refractivity contribution in [3.05, 3.63) is 28.7 Å². The van der Waals surface area contributed by atoms with Crippen LogP contribution in [0.1, 0.15) is 18.7 Å². The fourth-order valence-corrected chi connectivity index (χ4v) is 3.03. The number of hydrogen-bond acceptors (Lipinski definition) is 5. The van der Waals surface area contributed by atoms with Crippen LogP contribution in [0.25, 0.3) is 0 Å². The van der Waals surface area contributed by atoms with E-state index in [1.807, 2.05) is 4.57 Å². The van der Waals surface area contributed by atoms with E-state index in [2.05, 4.69) is 27.7 Å². The zero-order valence-corrected chi connectivity index (χ0v) is 12.2. The van der Waals surface area contributed by atoms with Gasteiger partial charge in [-0.15, -0.1) is 21.5 Å². The summed E-state index contributed by atoms with van der Waals surface area (Å²) in [6.07, 6.45) is 2.74. The zero-order chi connectivity index (χ0) is 13.0. The van der Waals surface area contributed by atoms with Crippen LogP contribution in [0.2, 0.25) is 0 Å². The molecule has 0 saturated heterocycles. The van der Waals surface area contributed by atoms with E-state index in [0.29, 0.717) is 5.75 Å². The Hall–Kier alpha value is -0.850. The van der Waals surface area contributed by atoms with E-state index >= 15 is 0 Å². The maximum atomic E-state index is 9.71. The predicted molar refractivity (Wildman–Crippen MR) is 75.1 cm³/mol. The van der Waals surface area contributed by atoms with E-state index in [1.54, 1.807) is 43.3 Å². The van der Waals surface area contributed by atoms with Crippen molar-refractivity contribution >= 4 is 23.1 Å². The summed E-state index contributed by atoms with van der Waals surface area (Å²) in [4.78, 5) is 1.36. The molecule has 6 heteroatoms. The molecule has 0 fully saturated rings. The molecule has 2 aromatic heterocycles. The van der Waals surface area contributed by atoms with Gasteiger partial charge in [0.15, 0.2) is 5.16 Å². The number of thioether (sulfide) groups is 1. The molecule has 0 bridgehead atoms. The highest BCUT2D eigenvalue weighted by Gasteiger charge is 2.15. The first kappa shape index (κ1) is 13.6. The molecule has 0 aliphatic heterocycles. The van der Waals surface area contributed by atoms with Gasteiger partial charge in [0.2, 0.25) is 0 Å². The number of aryl methyl sites for hydroxylation is 2. The third kappa shape index (κ3) is 4.12. The molecule has 0 unspecified atom stereocenters. The monoisotopic (exact) mass is 283 g/mol. The second kappa shape index (κ2) is 5.86. The van der Waals surface area contributed by atoms with Gasteiger partial charge in [-0.05, 0) is 31.7 Å². The average Bonchev–Trinajstić information content (AvgIpc) is 2.94. The molecule has 98 valence electrons. The fourth-order valence-electron chi connectivity index (χ4n) is 1.44. The zero-order valence-electron chi connectivity index (χ0n) is 10.5. The molecule has 2 heterocycles. The first-order valence-electron chi connectivity index (χ1n) is 5.80. The molecule has 0 amide bonds. The summed E-state index contributed by atoms with van der Waals surface area (Å²) >= 11 is 3.31. The third-order valence-corrected chi connectivity index (χ3v) is 4.68. The van der Waals surface area contributed by atoms with Crippen molar-refractivity contribution in [2.45, 2.75) is 37.6 Å². The fraction of sp³-hybridized carbons (Fsp3) is 0.500. The lowest BCUT2D eigenvalue weighted by atomic mass is 10.2. The number of aliphatic hydroxyl groups is 1. The average molecular weight is 283 g/mol. The summed E-state index contributed by atoms with van der Waals surface area (Å²) in [7, 11) is 0. The lowest BCUT2D eigenvalue weighted by Crippen LogP contribution is -2.22. The summed E-state index contributed by atoms with van der Waals surface area (Å²) in [5.41, 5.74) is -0.685. The molecule has 0 aromatic carbocycles. The molecule has 0 saturated carbocycles. The number of thiophene rings is 1. The second-order valence-corrected chi connectivity index (χ2v) is 6.71. The summed E-state index contributed by atoms with van der Waals surface area (Å²) in [6, 6.07) is 4.20. The van der Waals surface area contributed by atoms with Gasteiger partial charge in [-0.3, -0.25) is 0 Å². The van der Waals surface area contributed by atoms with Gasteiger partial charge in [0.1, 0.15) is 6.33 Å². The molecule has 0 atom stereocenters. The van der Waals surface area contributed by atoms with Crippen LogP contribution in [0.3, 0.4) is 0 Å². The molecule has 0 aliphatic rings. The highest BCUT2D eigenvalue weighted by molar-refractivity contribution is 7.99. The van der Waals surface area contributed by atoms with Gasteiger partial charge in [-0.2, -0.15) is 0 Å². The van der Waals surface area contributed by atoms with Crippen molar-refractivity contribution in [2.24, 2.45) is 0 Å². The summed E-state index contributed by atoms with van der Waals surface area (Å²) in [6.45, 7) is 4.47. The Balaban J connectivity index is 1.91. The van der Waals surface area contributed by atoms with Crippen LogP contribution >= 0.6 is 23.1 Å². The number of nitrogens with zero attached hydrogens (tertiary/aromatic N) is 3. The molecule has 1 N–H and O–H groups in total. The van der Waals surface area contributed by atoms with Crippen molar-refractivity contribution in [3.63, 3.8) is 0 Å². The Morgan fingerprint density at radius 2 is 2.33 bits per heavy atom. The standard InChI is InChI=1S/C12H17N3OS2/c1-12(2,16)8-18-11-14-13-9-15(11)6-5-10-4-3-7-17-10/h3-4,7,9,16H,5-6,8H2,1-2H3. The third-order valence-electron chi connectivity index (χ3n) is 2.31. The topological polar surface area (TPSA) is 50.9 Å². The Labute approximate surface area is 115 Å². The van der Waals surface area contributed by atoms with Gasteiger partial charge < -0.3 is 9.67 Å². The molecule has 0 aliphatic carbocycles. The maximum Gasteiger partial charge on any atom is 0.191 e. The first-order valence-corrected chi connectivity index (χ1v) is 7.66. The molecule has 4 nitrogen and oxygen atoms in total. The SMILES string of the molecule is CC(C)(O)CSc1nncn1CCc1cccs1. The number of aromatic nitrogens is 3. The van der Waals surface area contributed by atoms with Crippen molar-refractivity contribution in [1.29, 1.82) is 0 Å². The maximum absolute atomic E-state index is 9.71. The Kier molecular flexibility index (Phi) is 4.42. The van der Waals surface area contributed by atoms with Crippen molar-refractivity contribution in [1.82, 2.24) is 14.8 Å². The van der Waals surface area contributed by atoms with E-state index < -0.39 is 5.60 Å². The minimum absolute atomic E-state index is 0.616. The molecule has 2 rings (SSSR count). The largest absolute Gasteiger partial charge is 0.390 e. The number of hydrogen-bond donors (Lipinski definition) is 1. The van der Waals surface area contributed by atoms with Gasteiger partial charge in [0.05, 0.1) is 5.60 Å². The first-order chi connectivity index (χ1) is 8.54. The van der Waals surface area contributed by atoms with E-state index in [4.69, 9.17) is 0 Å². The molecular formula is C12H17N3OS2. The molecule has 18 heavy (non-hydrogen) atoms. The van der Waals surface area contributed by atoms with E-state index in [1.165, 1.54) is 4.88 Å². The predicted octanol–water partition coefficient (Wildman–Crippen LogP) is 2.45. The van der Waals surface area contributed by atoms with Gasteiger partial charge in [-0.25, -0.2) is 0 Å². The lowest BCUT2D eigenvalue weighted by molar-refractivity contribution is 0.107. The van der Waals surface area contributed by atoms with Crippen LogP contribution in [-0.2, 0) is 13.0 Å². The Morgan fingerprint density at radius 3 is 3.00 bits per heavy atom. The molecule has 0 spiro atoms. The minimum atomic E-state index is -0.685. The summed E-state index contributed by atoms with van der Waals surface area (Å²) in [5, 5.41) is 20.7. The highest BCUT2D eigenvalue weighted by atomic mass is 32.2. The van der Waals surface area contributed by atoms with E-state index in [-0.39, 0.29) is 0 Å². The van der Waals surface area contributed by atoms with E-state index in [0.717, 1.165) is 18.1 Å². The second-order valence-electron chi connectivity index (χ2n) is 4.74. The smallest absolute Gasteiger partial charge is 0.191 e. The van der Waals surface area contributed by atoms with Crippen molar-refractivity contribution < 1.29 is 5.11 Å².